The number of aryl methyl sites for hydroxylation is 1. The predicted molar refractivity (Wildman–Crippen MR) is 144 cm³/mol. The highest BCUT2D eigenvalue weighted by molar-refractivity contribution is 7.88. The first-order valence-electron chi connectivity index (χ1n) is 11.9. The highest BCUT2D eigenvalue weighted by Gasteiger charge is 2.26. The smallest absolute Gasteiger partial charge is 0.412 e. The predicted octanol–water partition coefficient (Wildman–Crippen LogP) is 3.45. The highest BCUT2D eigenvalue weighted by atomic mass is 32.2. The van der Waals surface area contributed by atoms with Crippen molar-refractivity contribution in [2.75, 3.05) is 23.9 Å². The summed E-state index contributed by atoms with van der Waals surface area (Å²) in [5.74, 6) is 0.192. The molecule has 1 heterocycles. The molecule has 1 aliphatic heterocycles. The number of anilines is 1. The third-order valence-corrected chi connectivity index (χ3v) is 7.27. The van der Waals surface area contributed by atoms with Crippen LogP contribution in [0.3, 0.4) is 0 Å². The molecule has 0 unspecified atom stereocenters. The summed E-state index contributed by atoms with van der Waals surface area (Å²) >= 11 is 0. The number of piperidine rings is 1. The number of amidine groups is 2. The Morgan fingerprint density at radius 2 is 1.86 bits per heavy atom. The highest BCUT2D eigenvalue weighted by Crippen LogP contribution is 2.29. The summed E-state index contributed by atoms with van der Waals surface area (Å²) in [4.78, 5) is 13.5. The number of nitrogen functional groups attached to an aromatic ring is 1. The van der Waals surface area contributed by atoms with Gasteiger partial charge >= 0.3 is 16.3 Å². The third kappa shape index (κ3) is 7.56. The number of benzene rings is 2. The number of hydrogen-bond donors (Lipinski definition) is 3. The molecule has 1 saturated heterocycles. The first-order chi connectivity index (χ1) is 17.5. The van der Waals surface area contributed by atoms with Gasteiger partial charge in [-0.05, 0) is 49.2 Å². The number of ether oxygens (including phenoxy) is 1. The second-order valence-corrected chi connectivity index (χ2v) is 10.3. The zero-order chi connectivity index (χ0) is 27.2. The van der Waals surface area contributed by atoms with Crippen LogP contribution >= 0.6 is 0 Å². The molecule has 0 radical (unpaired) electrons. The number of carbonyl (C=O) groups excluding carboxylic acids is 1. The van der Waals surface area contributed by atoms with E-state index >= 15 is 0 Å². The Hall–Kier alpha value is -3.86. The molecule has 0 spiro atoms. The number of carbonyl (C=O) groups is 1. The van der Waals surface area contributed by atoms with E-state index in [9.17, 15) is 13.2 Å². The Labute approximate surface area is 217 Å². The summed E-state index contributed by atoms with van der Waals surface area (Å²) < 4.78 is 37.6. The van der Waals surface area contributed by atoms with Crippen LogP contribution in [0.5, 0.6) is 5.75 Å². The molecule has 2 aromatic rings. The van der Waals surface area contributed by atoms with Gasteiger partial charge in [0.25, 0.3) is 0 Å². The van der Waals surface area contributed by atoms with Crippen LogP contribution in [0.15, 0.2) is 48.5 Å². The Bertz CT molecular complexity index is 1300. The Kier molecular flexibility index (Phi) is 8.93. The summed E-state index contributed by atoms with van der Waals surface area (Å²) in [5, 5.41) is 15.3. The van der Waals surface area contributed by atoms with Crippen molar-refractivity contribution in [2.24, 2.45) is 5.73 Å². The molecule has 3 rings (SSSR count). The van der Waals surface area contributed by atoms with Gasteiger partial charge < -0.3 is 19.6 Å². The molecule has 0 aromatic heterocycles. The van der Waals surface area contributed by atoms with Crippen LogP contribution in [-0.2, 0) is 19.3 Å². The van der Waals surface area contributed by atoms with E-state index in [0.29, 0.717) is 22.8 Å². The van der Waals surface area contributed by atoms with Crippen molar-refractivity contribution in [2.45, 2.75) is 39.7 Å². The molecule has 0 aliphatic carbocycles. The maximum atomic E-state index is 12.9. The van der Waals surface area contributed by atoms with Gasteiger partial charge in [-0.2, -0.15) is 8.42 Å². The maximum absolute atomic E-state index is 12.9. The van der Waals surface area contributed by atoms with Gasteiger partial charge in [0.1, 0.15) is 17.7 Å². The van der Waals surface area contributed by atoms with Crippen molar-refractivity contribution in [3.8, 4) is 5.75 Å². The molecule has 11 heteroatoms. The van der Waals surface area contributed by atoms with Crippen LogP contribution in [0.4, 0.5) is 5.69 Å². The van der Waals surface area contributed by atoms with Crippen LogP contribution < -0.4 is 14.8 Å². The normalized spacial score (nSPS) is 14.4. The molecule has 0 amide bonds. The molecule has 0 saturated carbocycles. The van der Waals surface area contributed by atoms with Gasteiger partial charge in [0.2, 0.25) is 0 Å². The summed E-state index contributed by atoms with van der Waals surface area (Å²) in [5.41, 5.74) is 7.90. The maximum Gasteiger partial charge on any atom is 0.412 e. The Morgan fingerprint density at radius 3 is 2.46 bits per heavy atom. The van der Waals surface area contributed by atoms with Crippen molar-refractivity contribution in [3.63, 3.8) is 0 Å². The summed E-state index contributed by atoms with van der Waals surface area (Å²) in [6.45, 7) is 6.06. The fraction of sp³-hybridized carbons (Fsp3) is 0.346. The first kappa shape index (κ1) is 27.7. The van der Waals surface area contributed by atoms with Gasteiger partial charge in [0.15, 0.2) is 0 Å². The van der Waals surface area contributed by atoms with Gasteiger partial charge in [0, 0.05) is 38.4 Å². The van der Waals surface area contributed by atoms with E-state index in [0.717, 1.165) is 48.3 Å². The summed E-state index contributed by atoms with van der Waals surface area (Å²) in [6, 6.07) is 12.0. The molecule has 0 bridgehead atoms. The SMILES string of the molecule is CC(=N)N1CCC(Oc2ccc(N(C/C=C/c3cccc(C(=N)N)c3)S(=O)(=O)OC(C)=O)cc2C)CC1. The second kappa shape index (κ2) is 11.9. The van der Waals surface area contributed by atoms with E-state index in [-0.39, 0.29) is 18.5 Å². The zero-order valence-corrected chi connectivity index (χ0v) is 22.0. The standard InChI is InChI=1S/C26H33N5O5S/c1-18-16-23(9-10-25(18)35-24-11-14-30(15-12-24)19(2)27)31(37(33,34)36-20(3)32)13-5-7-21-6-4-8-22(17-21)26(28)29/h4-10,16-17,24,27H,11-15H2,1-3H3,(H3,28,29)/b7-5+,27-19?. The average molecular weight is 528 g/mol. The molecule has 4 N–H and O–H groups in total. The molecule has 198 valence electrons. The van der Waals surface area contributed by atoms with Crippen molar-refractivity contribution < 1.29 is 22.1 Å². The fourth-order valence-corrected chi connectivity index (χ4v) is 5.05. The Morgan fingerprint density at radius 1 is 1.16 bits per heavy atom. The van der Waals surface area contributed by atoms with Crippen LogP contribution in [0.2, 0.25) is 0 Å². The lowest BCUT2D eigenvalue weighted by Crippen LogP contribution is -2.40. The molecular weight excluding hydrogens is 494 g/mol. The summed E-state index contributed by atoms with van der Waals surface area (Å²) in [7, 11) is -4.41. The number of nitrogens with one attached hydrogen (secondary N) is 2. The van der Waals surface area contributed by atoms with Crippen molar-refractivity contribution in [3.05, 3.63) is 65.2 Å². The van der Waals surface area contributed by atoms with E-state index in [1.807, 2.05) is 11.8 Å². The fourth-order valence-electron chi connectivity index (χ4n) is 4.02. The zero-order valence-electron chi connectivity index (χ0n) is 21.2. The largest absolute Gasteiger partial charge is 0.490 e. The lowest BCUT2D eigenvalue weighted by atomic mass is 10.1. The van der Waals surface area contributed by atoms with Crippen molar-refractivity contribution >= 4 is 39.7 Å². The van der Waals surface area contributed by atoms with Gasteiger partial charge in [-0.15, -0.1) is 0 Å². The first-order valence-corrected chi connectivity index (χ1v) is 13.2. The number of nitrogens with zero attached hydrogens (tertiary/aromatic N) is 2. The van der Waals surface area contributed by atoms with Gasteiger partial charge in [-0.1, -0.05) is 30.4 Å². The van der Waals surface area contributed by atoms with Gasteiger partial charge in [0.05, 0.1) is 18.1 Å². The van der Waals surface area contributed by atoms with E-state index < -0.39 is 16.3 Å². The Balaban J connectivity index is 1.80. The topological polar surface area (TPSA) is 150 Å². The number of likely N-dealkylation sites (tertiary alicyclic amines) is 1. The molecule has 37 heavy (non-hydrogen) atoms. The van der Waals surface area contributed by atoms with Crippen LogP contribution in [0, 0.1) is 17.7 Å². The minimum Gasteiger partial charge on any atom is -0.490 e. The van der Waals surface area contributed by atoms with Gasteiger partial charge in [-0.25, -0.2) is 4.31 Å². The van der Waals surface area contributed by atoms with Crippen molar-refractivity contribution in [1.29, 1.82) is 10.8 Å². The van der Waals surface area contributed by atoms with Crippen molar-refractivity contribution in [1.82, 2.24) is 4.90 Å². The molecule has 0 atom stereocenters. The molecule has 1 aliphatic rings. The lowest BCUT2D eigenvalue weighted by molar-refractivity contribution is -0.131. The second-order valence-electron chi connectivity index (χ2n) is 8.84. The average Bonchev–Trinajstić information content (AvgIpc) is 2.83. The quantitative estimate of drug-likeness (QED) is 0.334. The molecule has 10 nitrogen and oxygen atoms in total. The van der Waals surface area contributed by atoms with Crippen LogP contribution in [0.25, 0.3) is 6.08 Å². The molecular formula is C26H33N5O5S. The van der Waals surface area contributed by atoms with Crippen LogP contribution in [0.1, 0.15) is 43.4 Å². The van der Waals surface area contributed by atoms with Crippen LogP contribution in [-0.4, -0.2) is 56.7 Å². The number of nitrogens with two attached hydrogens (primary N) is 1. The van der Waals surface area contributed by atoms with E-state index in [2.05, 4.69) is 4.18 Å². The number of rotatable bonds is 9. The minimum atomic E-state index is -4.41. The monoisotopic (exact) mass is 527 g/mol. The molecule has 2 aromatic carbocycles. The van der Waals surface area contributed by atoms with E-state index in [1.165, 1.54) is 0 Å². The third-order valence-electron chi connectivity index (χ3n) is 5.93. The number of hydrogen-bond acceptors (Lipinski definition) is 7. The van der Waals surface area contributed by atoms with E-state index in [1.54, 1.807) is 61.5 Å². The van der Waals surface area contributed by atoms with E-state index in [4.69, 9.17) is 21.3 Å². The minimum absolute atomic E-state index is 0.00901. The summed E-state index contributed by atoms with van der Waals surface area (Å²) in [6.07, 6.45) is 4.92. The molecule has 1 fully saturated rings. The lowest BCUT2D eigenvalue weighted by Gasteiger charge is -2.33. The van der Waals surface area contributed by atoms with Gasteiger partial charge in [-0.3, -0.25) is 15.6 Å².